The number of benzene rings is 2. The van der Waals surface area contributed by atoms with E-state index in [-0.39, 0.29) is 22.6 Å². The van der Waals surface area contributed by atoms with Crippen LogP contribution in [0.2, 0.25) is 0 Å². The molecule has 0 saturated carbocycles. The first-order valence-electron chi connectivity index (χ1n) is 12.2. The highest BCUT2D eigenvalue weighted by molar-refractivity contribution is 6.04. The Labute approximate surface area is 226 Å². The molecule has 0 spiro atoms. The SMILES string of the molecule is Cc1ccc(Nc2ncc3cc(-c4cc(NC(=O)c5cccc(C(F)(F)F)c5)ccc4C)n(C)c(=O)c3n2)cn1. The highest BCUT2D eigenvalue weighted by atomic mass is 19.4. The van der Waals surface area contributed by atoms with Crippen LogP contribution in [0.3, 0.4) is 0 Å². The van der Waals surface area contributed by atoms with Crippen LogP contribution in [0, 0.1) is 13.8 Å². The minimum atomic E-state index is -4.56. The predicted octanol–water partition coefficient (Wildman–Crippen LogP) is 6.02. The molecular formula is C29H23F3N6O2. The summed E-state index contributed by atoms with van der Waals surface area (Å²) in [5.41, 5.74) is 2.75. The number of fused-ring (bicyclic) bond motifs is 1. The quantitative estimate of drug-likeness (QED) is 0.281. The zero-order valence-electron chi connectivity index (χ0n) is 21.7. The number of hydrogen-bond acceptors (Lipinski definition) is 6. The van der Waals surface area contributed by atoms with Crippen LogP contribution in [0.1, 0.15) is 27.2 Å². The molecule has 5 aromatic rings. The lowest BCUT2D eigenvalue weighted by molar-refractivity contribution is -0.137. The monoisotopic (exact) mass is 544 g/mol. The third kappa shape index (κ3) is 5.39. The summed E-state index contributed by atoms with van der Waals surface area (Å²) in [6.45, 7) is 3.72. The molecule has 3 aromatic heterocycles. The lowest BCUT2D eigenvalue weighted by atomic mass is 10.0. The third-order valence-corrected chi connectivity index (χ3v) is 6.37. The maximum absolute atomic E-state index is 13.3. The molecule has 0 fully saturated rings. The summed E-state index contributed by atoms with van der Waals surface area (Å²) in [6, 6.07) is 14.7. The van der Waals surface area contributed by atoms with Crippen molar-refractivity contribution in [2.75, 3.05) is 10.6 Å². The zero-order valence-corrected chi connectivity index (χ0v) is 21.7. The fraction of sp³-hybridized carbons (Fsp3) is 0.138. The number of nitrogens with zero attached hydrogens (tertiary/aromatic N) is 4. The highest BCUT2D eigenvalue weighted by Gasteiger charge is 2.31. The van der Waals surface area contributed by atoms with E-state index in [1.807, 2.05) is 26.0 Å². The van der Waals surface area contributed by atoms with Crippen LogP contribution in [-0.4, -0.2) is 25.4 Å². The Bertz CT molecular complexity index is 1810. The summed E-state index contributed by atoms with van der Waals surface area (Å²) in [4.78, 5) is 39.0. The van der Waals surface area contributed by atoms with Crippen LogP contribution < -0.4 is 16.2 Å². The molecule has 0 unspecified atom stereocenters. The number of pyridine rings is 2. The molecule has 1 amide bonds. The standard InChI is InChI=1S/C29H23F3N6O2/c1-16-7-9-21(35-26(39)18-5-4-6-20(11-18)29(30,31)32)13-23(16)24-12-19-14-34-28(37-25(19)27(40)38(24)3)36-22-10-8-17(2)33-15-22/h4-15H,1-3H3,(H,35,39)(H,34,36,37). The van der Waals surface area contributed by atoms with Crippen molar-refractivity contribution in [1.29, 1.82) is 0 Å². The second-order valence-electron chi connectivity index (χ2n) is 9.27. The Kier molecular flexibility index (Phi) is 6.80. The molecule has 2 aromatic carbocycles. The molecule has 0 radical (unpaired) electrons. The molecular weight excluding hydrogens is 521 g/mol. The van der Waals surface area contributed by atoms with E-state index in [9.17, 15) is 22.8 Å². The van der Waals surface area contributed by atoms with Gasteiger partial charge in [-0.15, -0.1) is 0 Å². The number of hydrogen-bond donors (Lipinski definition) is 2. The molecule has 0 bridgehead atoms. The van der Waals surface area contributed by atoms with Crippen LogP contribution in [0.15, 0.2) is 77.9 Å². The molecule has 2 N–H and O–H groups in total. The maximum atomic E-state index is 13.3. The molecule has 40 heavy (non-hydrogen) atoms. The number of aromatic nitrogens is 4. The molecule has 8 nitrogen and oxygen atoms in total. The molecule has 0 aliphatic heterocycles. The van der Waals surface area contributed by atoms with Crippen molar-refractivity contribution in [2.45, 2.75) is 20.0 Å². The van der Waals surface area contributed by atoms with E-state index in [2.05, 4.69) is 25.6 Å². The van der Waals surface area contributed by atoms with Crippen molar-refractivity contribution in [3.63, 3.8) is 0 Å². The Morgan fingerprint density at radius 2 is 1.70 bits per heavy atom. The number of carbonyl (C=O) groups excluding carboxylic acids is 1. The van der Waals surface area contributed by atoms with E-state index < -0.39 is 17.6 Å². The molecule has 11 heteroatoms. The first-order valence-corrected chi connectivity index (χ1v) is 12.2. The molecule has 0 atom stereocenters. The van der Waals surface area contributed by atoms with E-state index >= 15 is 0 Å². The van der Waals surface area contributed by atoms with Crippen molar-refractivity contribution < 1.29 is 18.0 Å². The minimum Gasteiger partial charge on any atom is -0.323 e. The number of nitrogens with one attached hydrogen (secondary N) is 2. The second kappa shape index (κ2) is 10.3. The van der Waals surface area contributed by atoms with Crippen molar-refractivity contribution in [3.05, 3.63) is 106 Å². The lowest BCUT2D eigenvalue weighted by Crippen LogP contribution is -2.20. The molecule has 0 aliphatic carbocycles. The first kappa shape index (κ1) is 26.5. The van der Waals surface area contributed by atoms with Gasteiger partial charge < -0.3 is 15.2 Å². The van der Waals surface area contributed by atoms with Gasteiger partial charge in [0.2, 0.25) is 5.95 Å². The van der Waals surface area contributed by atoms with Crippen molar-refractivity contribution in [1.82, 2.24) is 19.5 Å². The number of aryl methyl sites for hydroxylation is 2. The molecule has 3 heterocycles. The van der Waals surface area contributed by atoms with Crippen LogP contribution in [0.25, 0.3) is 22.2 Å². The van der Waals surface area contributed by atoms with Gasteiger partial charge >= 0.3 is 6.18 Å². The summed E-state index contributed by atoms with van der Waals surface area (Å²) in [5.74, 6) is -0.441. The Morgan fingerprint density at radius 1 is 0.925 bits per heavy atom. The van der Waals surface area contributed by atoms with Gasteiger partial charge in [0.1, 0.15) is 5.52 Å². The molecule has 0 aliphatic rings. The van der Waals surface area contributed by atoms with Gasteiger partial charge in [-0.2, -0.15) is 13.2 Å². The fourth-order valence-electron chi connectivity index (χ4n) is 4.19. The van der Waals surface area contributed by atoms with Gasteiger partial charge in [0, 0.05) is 41.1 Å². The second-order valence-corrected chi connectivity index (χ2v) is 9.27. The number of halogens is 3. The van der Waals surface area contributed by atoms with Gasteiger partial charge in [-0.05, 0) is 67.9 Å². The summed E-state index contributed by atoms with van der Waals surface area (Å²) in [7, 11) is 1.61. The van der Waals surface area contributed by atoms with E-state index in [1.54, 1.807) is 43.7 Å². The van der Waals surface area contributed by atoms with Gasteiger partial charge in [0.05, 0.1) is 23.1 Å². The summed E-state index contributed by atoms with van der Waals surface area (Å²) >= 11 is 0. The van der Waals surface area contributed by atoms with Gasteiger partial charge in [-0.1, -0.05) is 12.1 Å². The van der Waals surface area contributed by atoms with Crippen molar-refractivity contribution >= 4 is 34.1 Å². The topological polar surface area (TPSA) is 102 Å². The van der Waals surface area contributed by atoms with E-state index in [0.29, 0.717) is 28.0 Å². The first-order chi connectivity index (χ1) is 19.0. The van der Waals surface area contributed by atoms with E-state index in [4.69, 9.17) is 0 Å². The highest BCUT2D eigenvalue weighted by Crippen LogP contribution is 2.31. The normalized spacial score (nSPS) is 11.4. The average Bonchev–Trinajstić information content (AvgIpc) is 2.93. The van der Waals surface area contributed by atoms with Gasteiger partial charge in [-0.3, -0.25) is 14.6 Å². The van der Waals surface area contributed by atoms with E-state index in [0.717, 1.165) is 23.4 Å². The van der Waals surface area contributed by atoms with Crippen molar-refractivity contribution in [2.24, 2.45) is 7.05 Å². The van der Waals surface area contributed by atoms with Gasteiger partial charge in [0.15, 0.2) is 0 Å². The number of carbonyl (C=O) groups is 1. The zero-order chi connectivity index (χ0) is 28.6. The van der Waals surface area contributed by atoms with Crippen LogP contribution in [-0.2, 0) is 13.2 Å². The minimum absolute atomic E-state index is 0.127. The predicted molar refractivity (Wildman–Crippen MR) is 147 cm³/mol. The average molecular weight is 545 g/mol. The number of anilines is 3. The van der Waals surface area contributed by atoms with Crippen LogP contribution in [0.5, 0.6) is 0 Å². The number of rotatable bonds is 5. The molecule has 202 valence electrons. The fourth-order valence-corrected chi connectivity index (χ4v) is 4.19. The summed E-state index contributed by atoms with van der Waals surface area (Å²) in [5, 5.41) is 6.21. The number of amides is 1. The number of alkyl halides is 3. The van der Waals surface area contributed by atoms with E-state index in [1.165, 1.54) is 16.7 Å². The van der Waals surface area contributed by atoms with Crippen molar-refractivity contribution in [3.8, 4) is 11.3 Å². The molecule has 5 rings (SSSR count). The Morgan fingerprint density at radius 3 is 2.42 bits per heavy atom. The smallest absolute Gasteiger partial charge is 0.323 e. The van der Waals surface area contributed by atoms with Gasteiger partial charge in [0.25, 0.3) is 11.5 Å². The Balaban J connectivity index is 1.46. The lowest BCUT2D eigenvalue weighted by Gasteiger charge is -2.15. The largest absolute Gasteiger partial charge is 0.416 e. The Hall–Kier alpha value is -5.06. The summed E-state index contributed by atoms with van der Waals surface area (Å²) in [6.07, 6.45) is -1.37. The maximum Gasteiger partial charge on any atom is 0.416 e. The van der Waals surface area contributed by atoms with Gasteiger partial charge in [-0.25, -0.2) is 9.97 Å². The summed E-state index contributed by atoms with van der Waals surface area (Å²) < 4.78 is 40.7. The van der Waals surface area contributed by atoms with Crippen LogP contribution >= 0.6 is 0 Å². The van der Waals surface area contributed by atoms with Crippen LogP contribution in [0.4, 0.5) is 30.5 Å². The third-order valence-electron chi connectivity index (χ3n) is 6.37. The molecule has 0 saturated heterocycles.